The molecule has 3 nitrogen and oxygen atoms in total. The van der Waals surface area contributed by atoms with Gasteiger partial charge in [-0.05, 0) is 18.6 Å². The molecule has 1 heterocycles. The molecule has 0 saturated heterocycles. The number of anilines is 1. The van der Waals surface area contributed by atoms with Crippen LogP contribution < -0.4 is 5.32 Å². The van der Waals surface area contributed by atoms with Crippen LogP contribution in [0, 0.1) is 6.92 Å². The van der Waals surface area contributed by atoms with Crippen LogP contribution in [0.25, 0.3) is 0 Å². The van der Waals surface area contributed by atoms with Crippen LogP contribution in [0.4, 0.5) is 5.69 Å². The van der Waals surface area contributed by atoms with Gasteiger partial charge in [-0.3, -0.25) is 0 Å². The van der Waals surface area contributed by atoms with Crippen molar-refractivity contribution in [2.75, 3.05) is 5.32 Å². The van der Waals surface area contributed by atoms with E-state index in [1.54, 1.807) is 6.33 Å². The second kappa shape index (κ2) is 4.58. The quantitative estimate of drug-likeness (QED) is 0.887. The molecule has 0 aliphatic carbocycles. The van der Waals surface area contributed by atoms with Crippen molar-refractivity contribution in [3.63, 3.8) is 0 Å². The second-order valence-electron chi connectivity index (χ2n) is 3.78. The van der Waals surface area contributed by atoms with Gasteiger partial charge in [-0.15, -0.1) is 0 Å². The Morgan fingerprint density at radius 3 is 2.88 bits per heavy atom. The summed E-state index contributed by atoms with van der Waals surface area (Å²) in [5.41, 5.74) is 3.26. The van der Waals surface area contributed by atoms with E-state index in [1.165, 1.54) is 0 Å². The van der Waals surface area contributed by atoms with E-state index < -0.39 is 0 Å². The molecule has 0 unspecified atom stereocenters. The number of nitrogens with one attached hydrogen (secondary N) is 1. The molecule has 2 rings (SSSR count). The van der Waals surface area contributed by atoms with Crippen molar-refractivity contribution in [1.29, 1.82) is 0 Å². The fourth-order valence-corrected chi connectivity index (χ4v) is 1.88. The molecule has 1 aromatic carbocycles. The van der Waals surface area contributed by atoms with Gasteiger partial charge in [-0.25, -0.2) is 4.98 Å². The molecule has 84 valence electrons. The molecule has 0 atom stereocenters. The smallest absolute Gasteiger partial charge is 0.0946 e. The summed E-state index contributed by atoms with van der Waals surface area (Å²) in [7, 11) is 1.98. The van der Waals surface area contributed by atoms with E-state index in [4.69, 9.17) is 11.6 Å². The summed E-state index contributed by atoms with van der Waals surface area (Å²) in [6, 6.07) is 5.88. The number of aromatic nitrogens is 2. The van der Waals surface area contributed by atoms with Crippen molar-refractivity contribution < 1.29 is 0 Å². The van der Waals surface area contributed by atoms with E-state index in [9.17, 15) is 0 Å². The number of hydrogen-bond donors (Lipinski definition) is 1. The van der Waals surface area contributed by atoms with E-state index >= 15 is 0 Å². The Kier molecular flexibility index (Phi) is 3.15. The molecular weight excluding hydrogens is 222 g/mol. The lowest BCUT2D eigenvalue weighted by Gasteiger charge is -2.11. The van der Waals surface area contributed by atoms with Crippen LogP contribution >= 0.6 is 11.6 Å². The predicted molar refractivity (Wildman–Crippen MR) is 66.7 cm³/mol. The number of benzene rings is 1. The minimum Gasteiger partial charge on any atom is -0.378 e. The fraction of sp³-hybridized carbons (Fsp3) is 0.250. The third-order valence-electron chi connectivity index (χ3n) is 2.58. The van der Waals surface area contributed by atoms with Crippen LogP contribution in [0.5, 0.6) is 0 Å². The average Bonchev–Trinajstić information content (AvgIpc) is 2.64. The largest absolute Gasteiger partial charge is 0.378 e. The summed E-state index contributed by atoms with van der Waals surface area (Å²) in [6.45, 7) is 2.76. The zero-order valence-electron chi connectivity index (χ0n) is 9.37. The Morgan fingerprint density at radius 1 is 1.44 bits per heavy atom. The average molecular weight is 236 g/mol. The molecule has 2 aromatic rings. The topological polar surface area (TPSA) is 29.9 Å². The summed E-state index contributed by atoms with van der Waals surface area (Å²) < 4.78 is 1.99. The Balaban J connectivity index is 2.14. The maximum Gasteiger partial charge on any atom is 0.0946 e. The van der Waals surface area contributed by atoms with Gasteiger partial charge in [-0.1, -0.05) is 23.7 Å². The number of rotatable bonds is 3. The molecule has 0 spiro atoms. The van der Waals surface area contributed by atoms with Gasteiger partial charge in [-0.2, -0.15) is 0 Å². The number of hydrogen-bond acceptors (Lipinski definition) is 2. The third kappa shape index (κ3) is 2.19. The van der Waals surface area contributed by atoms with Crippen molar-refractivity contribution in [3.05, 3.63) is 47.0 Å². The van der Waals surface area contributed by atoms with Gasteiger partial charge >= 0.3 is 0 Å². The van der Waals surface area contributed by atoms with Gasteiger partial charge in [0.05, 0.1) is 29.3 Å². The molecule has 1 N–H and O–H groups in total. The van der Waals surface area contributed by atoms with Crippen LogP contribution in [0.2, 0.25) is 5.02 Å². The second-order valence-corrected chi connectivity index (χ2v) is 4.19. The summed E-state index contributed by atoms with van der Waals surface area (Å²) in [6.07, 6.45) is 3.63. The molecule has 0 amide bonds. The Bertz CT molecular complexity index is 471. The van der Waals surface area contributed by atoms with E-state index in [-0.39, 0.29) is 0 Å². The maximum atomic E-state index is 6.12. The molecule has 16 heavy (non-hydrogen) atoms. The maximum absolute atomic E-state index is 6.12. The van der Waals surface area contributed by atoms with Gasteiger partial charge in [0.1, 0.15) is 0 Å². The molecule has 0 bridgehead atoms. The highest BCUT2D eigenvalue weighted by Gasteiger charge is 2.04. The molecule has 0 fully saturated rings. The van der Waals surface area contributed by atoms with Gasteiger partial charge in [0.15, 0.2) is 0 Å². The van der Waals surface area contributed by atoms with Crippen LogP contribution in [0.1, 0.15) is 11.3 Å². The molecule has 0 radical (unpaired) electrons. The van der Waals surface area contributed by atoms with E-state index in [1.807, 2.05) is 42.9 Å². The van der Waals surface area contributed by atoms with Crippen LogP contribution in [0.15, 0.2) is 30.7 Å². The molecule has 1 aromatic heterocycles. The zero-order chi connectivity index (χ0) is 11.5. The molecule has 0 saturated carbocycles. The van der Waals surface area contributed by atoms with E-state index in [0.29, 0.717) is 0 Å². The van der Waals surface area contributed by atoms with Crippen LogP contribution in [-0.4, -0.2) is 9.55 Å². The predicted octanol–water partition coefficient (Wildman–Crippen LogP) is 2.99. The van der Waals surface area contributed by atoms with Crippen molar-refractivity contribution in [2.45, 2.75) is 13.5 Å². The first-order valence-corrected chi connectivity index (χ1v) is 5.50. The van der Waals surface area contributed by atoms with E-state index in [0.717, 1.165) is 28.5 Å². The van der Waals surface area contributed by atoms with Crippen molar-refractivity contribution in [1.82, 2.24) is 9.55 Å². The Labute approximate surface area is 100 Å². The number of aryl methyl sites for hydroxylation is 2. The number of halogens is 1. The van der Waals surface area contributed by atoms with Gasteiger partial charge in [0.2, 0.25) is 0 Å². The number of imidazole rings is 1. The van der Waals surface area contributed by atoms with Crippen molar-refractivity contribution in [2.24, 2.45) is 7.05 Å². The monoisotopic (exact) mass is 235 g/mol. The van der Waals surface area contributed by atoms with Gasteiger partial charge in [0, 0.05) is 13.2 Å². The highest BCUT2D eigenvalue weighted by molar-refractivity contribution is 6.33. The normalized spacial score (nSPS) is 10.4. The standard InChI is InChI=1S/C12H14ClN3/c1-9-4-3-5-11(13)12(9)15-7-10-6-14-8-16(10)2/h3-6,8,15H,7H2,1-2H3. The Hall–Kier alpha value is -1.48. The summed E-state index contributed by atoms with van der Waals surface area (Å²) in [5, 5.41) is 4.08. The van der Waals surface area contributed by atoms with Gasteiger partial charge in [0.25, 0.3) is 0 Å². The van der Waals surface area contributed by atoms with Gasteiger partial charge < -0.3 is 9.88 Å². The highest BCUT2D eigenvalue weighted by Crippen LogP contribution is 2.25. The van der Waals surface area contributed by atoms with Crippen LogP contribution in [0.3, 0.4) is 0 Å². The molecular formula is C12H14ClN3. The highest BCUT2D eigenvalue weighted by atomic mass is 35.5. The summed E-state index contributed by atoms with van der Waals surface area (Å²) >= 11 is 6.12. The lowest BCUT2D eigenvalue weighted by atomic mass is 10.2. The molecule has 4 heteroatoms. The third-order valence-corrected chi connectivity index (χ3v) is 2.90. The number of nitrogens with zero attached hydrogens (tertiary/aromatic N) is 2. The van der Waals surface area contributed by atoms with Crippen molar-refractivity contribution in [3.8, 4) is 0 Å². The van der Waals surface area contributed by atoms with Crippen LogP contribution in [-0.2, 0) is 13.6 Å². The Morgan fingerprint density at radius 2 is 2.25 bits per heavy atom. The first-order valence-electron chi connectivity index (χ1n) is 5.12. The number of para-hydroxylation sites is 1. The summed E-state index contributed by atoms with van der Waals surface area (Å²) in [5.74, 6) is 0. The minimum atomic E-state index is 0.723. The SMILES string of the molecule is Cc1cccc(Cl)c1NCc1cncn1C. The fourth-order valence-electron chi connectivity index (χ4n) is 1.59. The van der Waals surface area contributed by atoms with E-state index in [2.05, 4.69) is 10.3 Å². The summed E-state index contributed by atoms with van der Waals surface area (Å²) in [4.78, 5) is 4.07. The molecule has 0 aliphatic heterocycles. The zero-order valence-corrected chi connectivity index (χ0v) is 10.1. The lowest BCUT2D eigenvalue weighted by molar-refractivity contribution is 0.837. The first-order chi connectivity index (χ1) is 7.68. The lowest BCUT2D eigenvalue weighted by Crippen LogP contribution is -2.05. The van der Waals surface area contributed by atoms with Crippen molar-refractivity contribution >= 4 is 17.3 Å². The molecule has 0 aliphatic rings. The first kappa shape index (κ1) is 11.0. The minimum absolute atomic E-state index is 0.723.